The van der Waals surface area contributed by atoms with Gasteiger partial charge in [-0.15, -0.1) is 6.58 Å². The molecule has 0 fully saturated rings. The molecule has 0 aromatic heterocycles. The summed E-state index contributed by atoms with van der Waals surface area (Å²) in [5.41, 5.74) is 0. The zero-order valence-electron chi connectivity index (χ0n) is 15.0. The Morgan fingerprint density at radius 2 is 1.32 bits per heavy atom. The Balaban J connectivity index is 4.50. The first-order valence-corrected chi connectivity index (χ1v) is 13.4. The van der Waals surface area contributed by atoms with Crippen LogP contribution in [-0.4, -0.2) is 23.0 Å². The van der Waals surface area contributed by atoms with E-state index in [-0.39, 0.29) is 0 Å². The third-order valence-electron chi connectivity index (χ3n) is 5.43. The summed E-state index contributed by atoms with van der Waals surface area (Å²) >= 11 is 0. The second-order valence-electron chi connectivity index (χ2n) is 8.84. The van der Waals surface area contributed by atoms with Crippen molar-refractivity contribution in [3.05, 3.63) is 11.8 Å². The summed E-state index contributed by atoms with van der Waals surface area (Å²) in [5, 5.41) is 2.12. The molecule has 0 aromatic rings. The lowest BCUT2D eigenvalue weighted by Crippen LogP contribution is -2.42. The van der Waals surface area contributed by atoms with Crippen LogP contribution in [-0.2, 0) is 4.43 Å². The third kappa shape index (κ3) is 4.87. The molecule has 0 aromatic carbocycles. The number of hydrogen-bond donors (Lipinski definition) is 0. The Labute approximate surface area is 124 Å². The van der Waals surface area contributed by atoms with Crippen LogP contribution in [0.5, 0.6) is 0 Å². The minimum atomic E-state index is -1.60. The highest BCUT2D eigenvalue weighted by molar-refractivity contribution is 6.86. The van der Waals surface area contributed by atoms with Crippen molar-refractivity contribution in [3.63, 3.8) is 0 Å². The van der Waals surface area contributed by atoms with Gasteiger partial charge < -0.3 is 4.43 Å². The van der Waals surface area contributed by atoms with Gasteiger partial charge in [-0.3, -0.25) is 0 Å². The summed E-state index contributed by atoms with van der Waals surface area (Å²) in [5.74, 6) is 0. The fourth-order valence-corrected chi connectivity index (χ4v) is 4.32. The maximum Gasteiger partial charge on any atom is 0.191 e. The molecule has 19 heavy (non-hydrogen) atoms. The summed E-state index contributed by atoms with van der Waals surface area (Å²) < 4.78 is 6.27. The zero-order chi connectivity index (χ0) is 15.7. The summed E-state index contributed by atoms with van der Waals surface area (Å²) in [4.78, 5) is 0. The fraction of sp³-hybridized carbons (Fsp3) is 0.875. The molecule has 3 heteroatoms. The lowest BCUT2D eigenvalue weighted by Gasteiger charge is -2.40. The van der Waals surface area contributed by atoms with Gasteiger partial charge in [0.2, 0.25) is 0 Å². The molecule has 0 unspecified atom stereocenters. The van der Waals surface area contributed by atoms with Crippen molar-refractivity contribution >= 4 is 16.4 Å². The van der Waals surface area contributed by atoms with Crippen LogP contribution in [0, 0.1) is 0 Å². The largest absolute Gasteiger partial charge is 0.417 e. The van der Waals surface area contributed by atoms with Crippen LogP contribution in [0.15, 0.2) is 11.8 Å². The molecule has 0 aliphatic heterocycles. The molecule has 114 valence electrons. The molecule has 0 saturated heterocycles. The number of hydrogen-bond acceptors (Lipinski definition) is 1. The zero-order valence-corrected chi connectivity index (χ0v) is 17.0. The van der Waals surface area contributed by atoms with Gasteiger partial charge in [-0.2, -0.15) is 0 Å². The minimum absolute atomic E-state index is 0.297. The van der Waals surface area contributed by atoms with Crippen LogP contribution in [0.1, 0.15) is 48.0 Å². The average molecular weight is 301 g/mol. The van der Waals surface area contributed by atoms with Gasteiger partial charge in [0.25, 0.3) is 0 Å². The monoisotopic (exact) mass is 300 g/mol. The van der Waals surface area contributed by atoms with Crippen molar-refractivity contribution in [3.8, 4) is 0 Å². The number of rotatable bonds is 5. The lowest BCUT2D eigenvalue weighted by atomic mass is 10.2. The first kappa shape index (κ1) is 19.1. The first-order valence-electron chi connectivity index (χ1n) is 7.45. The van der Waals surface area contributed by atoms with Crippen LogP contribution >= 0.6 is 0 Å². The van der Waals surface area contributed by atoms with Crippen molar-refractivity contribution in [2.45, 2.75) is 84.2 Å². The van der Waals surface area contributed by atoms with Crippen LogP contribution < -0.4 is 0 Å². The van der Waals surface area contributed by atoms with Gasteiger partial charge in [-0.05, 0) is 29.6 Å². The standard InChI is InChI=1S/C16H36OSi2/c1-14(18(8,9)15(2,3)4)12-13-17-19(10,11)16(5,6)7/h1,12-13H2,2-11H3. The molecule has 0 aliphatic carbocycles. The lowest BCUT2D eigenvalue weighted by molar-refractivity contribution is 0.293. The van der Waals surface area contributed by atoms with Gasteiger partial charge in [0.1, 0.15) is 0 Å². The summed E-state index contributed by atoms with van der Waals surface area (Å²) in [6.45, 7) is 28.6. The quantitative estimate of drug-likeness (QED) is 0.566. The summed E-state index contributed by atoms with van der Waals surface area (Å²) in [7, 11) is -3.01. The third-order valence-corrected chi connectivity index (χ3v) is 15.7. The normalized spacial score (nSPS) is 14.6. The molecule has 0 atom stereocenters. The van der Waals surface area contributed by atoms with Crippen LogP contribution in [0.4, 0.5) is 0 Å². The maximum atomic E-state index is 6.27. The van der Waals surface area contributed by atoms with Gasteiger partial charge in [-0.1, -0.05) is 59.8 Å². The summed E-state index contributed by atoms with van der Waals surface area (Å²) in [6, 6.07) is 0. The molecule has 0 rings (SSSR count). The van der Waals surface area contributed by atoms with Gasteiger partial charge >= 0.3 is 0 Å². The smallest absolute Gasteiger partial charge is 0.191 e. The second-order valence-corrected chi connectivity index (χ2v) is 19.1. The SMILES string of the molecule is C=C(CCO[Si](C)(C)C(C)(C)C)[Si](C)(C)C(C)(C)C. The molecule has 1 nitrogen and oxygen atoms in total. The van der Waals surface area contributed by atoms with E-state index in [4.69, 9.17) is 4.43 Å². The highest BCUT2D eigenvalue weighted by atomic mass is 28.4. The second kappa shape index (κ2) is 5.86. The van der Waals surface area contributed by atoms with Crippen molar-refractivity contribution in [1.29, 1.82) is 0 Å². The van der Waals surface area contributed by atoms with Crippen LogP contribution in [0.25, 0.3) is 0 Å². The predicted molar refractivity (Wildman–Crippen MR) is 94.1 cm³/mol. The Bertz CT molecular complexity index is 317. The summed E-state index contributed by atoms with van der Waals surface area (Å²) in [6.07, 6.45) is 1.03. The topological polar surface area (TPSA) is 9.23 Å². The Morgan fingerprint density at radius 3 is 1.63 bits per heavy atom. The van der Waals surface area contributed by atoms with E-state index in [2.05, 4.69) is 74.3 Å². The van der Waals surface area contributed by atoms with Crippen molar-refractivity contribution in [2.75, 3.05) is 6.61 Å². The van der Waals surface area contributed by atoms with E-state index < -0.39 is 16.4 Å². The first-order chi connectivity index (χ1) is 8.13. The van der Waals surface area contributed by atoms with E-state index in [9.17, 15) is 0 Å². The fourth-order valence-electron chi connectivity index (χ4n) is 1.49. The van der Waals surface area contributed by atoms with Crippen molar-refractivity contribution in [1.82, 2.24) is 0 Å². The Morgan fingerprint density at radius 1 is 0.895 bits per heavy atom. The highest BCUT2D eigenvalue weighted by Crippen LogP contribution is 2.41. The molecule has 0 saturated carbocycles. The van der Waals surface area contributed by atoms with E-state index >= 15 is 0 Å². The van der Waals surface area contributed by atoms with E-state index in [0.29, 0.717) is 10.1 Å². The molecule has 0 heterocycles. The van der Waals surface area contributed by atoms with Gasteiger partial charge in [0.05, 0.1) is 8.07 Å². The highest BCUT2D eigenvalue weighted by Gasteiger charge is 2.39. The van der Waals surface area contributed by atoms with E-state index in [1.807, 2.05) is 0 Å². The molecule has 0 bridgehead atoms. The molecular formula is C16H36OSi2. The molecule has 0 radical (unpaired) electrons. The van der Waals surface area contributed by atoms with Gasteiger partial charge in [0.15, 0.2) is 8.32 Å². The molecule has 0 aliphatic rings. The van der Waals surface area contributed by atoms with Crippen LogP contribution in [0.3, 0.4) is 0 Å². The van der Waals surface area contributed by atoms with E-state index in [1.165, 1.54) is 5.20 Å². The van der Waals surface area contributed by atoms with E-state index in [0.717, 1.165) is 13.0 Å². The molecule has 0 amide bonds. The van der Waals surface area contributed by atoms with Crippen LogP contribution in [0.2, 0.25) is 36.3 Å². The molecule has 0 N–H and O–H groups in total. The van der Waals surface area contributed by atoms with E-state index in [1.54, 1.807) is 0 Å². The van der Waals surface area contributed by atoms with Crippen molar-refractivity contribution < 1.29 is 4.43 Å². The van der Waals surface area contributed by atoms with Crippen molar-refractivity contribution in [2.24, 2.45) is 0 Å². The van der Waals surface area contributed by atoms with Gasteiger partial charge in [0, 0.05) is 6.61 Å². The molecule has 0 spiro atoms. The molecular weight excluding hydrogens is 264 g/mol. The Kier molecular flexibility index (Phi) is 5.90. The minimum Gasteiger partial charge on any atom is -0.417 e. The maximum absolute atomic E-state index is 6.27. The van der Waals surface area contributed by atoms with Gasteiger partial charge in [-0.25, -0.2) is 0 Å². The average Bonchev–Trinajstić information content (AvgIpc) is 2.13. The predicted octanol–water partition coefficient (Wildman–Crippen LogP) is 6.00. The Hall–Kier alpha value is 0.134.